The average molecular weight is 361 g/mol. The minimum atomic E-state index is -0.965. The largest absolute Gasteiger partial charge is 0.478 e. The lowest BCUT2D eigenvalue weighted by Gasteiger charge is -2.41. The van der Waals surface area contributed by atoms with E-state index in [9.17, 15) is 14.9 Å². The Bertz CT molecular complexity index is 879. The quantitative estimate of drug-likeness (QED) is 0.612. The minimum Gasteiger partial charge on any atom is -0.478 e. The van der Waals surface area contributed by atoms with Crippen LogP contribution in [0.5, 0.6) is 0 Å². The van der Waals surface area contributed by atoms with Gasteiger partial charge in [0.15, 0.2) is 0 Å². The van der Waals surface area contributed by atoms with E-state index in [2.05, 4.69) is 5.32 Å². The van der Waals surface area contributed by atoms with Gasteiger partial charge in [-0.2, -0.15) is 0 Å². The highest BCUT2D eigenvalue weighted by Crippen LogP contribution is 2.46. The third kappa shape index (κ3) is 3.30. The fourth-order valence-corrected chi connectivity index (χ4v) is 3.60. The van der Waals surface area contributed by atoms with Crippen molar-refractivity contribution in [3.63, 3.8) is 0 Å². The lowest BCUT2D eigenvalue weighted by atomic mass is 9.72. The Morgan fingerprint density at radius 1 is 1.32 bits per heavy atom. The fraction of sp³-hybridized carbons (Fsp3) is 0.278. The van der Waals surface area contributed by atoms with Gasteiger partial charge >= 0.3 is 5.97 Å². The van der Waals surface area contributed by atoms with Crippen LogP contribution in [0.3, 0.4) is 0 Å². The van der Waals surface area contributed by atoms with Gasteiger partial charge in [-0.15, -0.1) is 0 Å². The molecule has 2 aromatic rings. The summed E-state index contributed by atoms with van der Waals surface area (Å²) in [4.78, 5) is 21.8. The molecule has 25 heavy (non-hydrogen) atoms. The Balaban J connectivity index is 2.04. The van der Waals surface area contributed by atoms with E-state index in [0.29, 0.717) is 11.4 Å². The Labute approximate surface area is 149 Å². The number of hydrogen-bond acceptors (Lipinski definition) is 4. The summed E-state index contributed by atoms with van der Waals surface area (Å²) in [7, 11) is 0. The molecular formula is C18H17ClN2O4. The van der Waals surface area contributed by atoms with Crippen LogP contribution in [0.1, 0.15) is 41.4 Å². The number of carboxylic acids is 1. The molecule has 1 unspecified atom stereocenters. The molecule has 0 aliphatic carbocycles. The van der Waals surface area contributed by atoms with E-state index in [-0.39, 0.29) is 22.7 Å². The van der Waals surface area contributed by atoms with E-state index in [4.69, 9.17) is 16.7 Å². The summed E-state index contributed by atoms with van der Waals surface area (Å²) in [5, 5.41) is 24.0. The number of halogens is 1. The standard InChI is InChI=1S/C18H17ClN2O4/c1-18(2)9-12-5-10(17(22)23)3-4-15(12)20-16(18)11-6-13(19)8-14(7-11)21(24)25/h3-8,16,20H,9H2,1-2H3,(H,22,23). The molecule has 1 aliphatic rings. The van der Waals surface area contributed by atoms with Crippen LogP contribution in [0.2, 0.25) is 5.02 Å². The molecular weight excluding hydrogens is 344 g/mol. The van der Waals surface area contributed by atoms with Gasteiger partial charge in [-0.3, -0.25) is 10.1 Å². The highest BCUT2D eigenvalue weighted by atomic mass is 35.5. The predicted octanol–water partition coefficient (Wildman–Crippen LogP) is 4.68. The van der Waals surface area contributed by atoms with Gasteiger partial charge < -0.3 is 10.4 Å². The maximum absolute atomic E-state index is 11.2. The van der Waals surface area contributed by atoms with E-state index >= 15 is 0 Å². The number of nitro groups is 1. The predicted molar refractivity (Wildman–Crippen MR) is 95.4 cm³/mol. The van der Waals surface area contributed by atoms with Gasteiger partial charge in [0.2, 0.25) is 0 Å². The van der Waals surface area contributed by atoms with Crippen LogP contribution < -0.4 is 5.32 Å². The number of nitrogens with one attached hydrogen (secondary N) is 1. The average Bonchev–Trinajstić information content (AvgIpc) is 2.52. The second kappa shape index (κ2) is 6.04. The maximum atomic E-state index is 11.2. The number of anilines is 1. The van der Waals surface area contributed by atoms with Gasteiger partial charge in [-0.1, -0.05) is 25.4 Å². The molecule has 0 amide bonds. The van der Waals surface area contributed by atoms with E-state index in [1.54, 1.807) is 24.3 Å². The molecule has 1 aliphatic heterocycles. The Morgan fingerprint density at radius 3 is 2.68 bits per heavy atom. The van der Waals surface area contributed by atoms with Crippen molar-refractivity contribution in [2.45, 2.75) is 26.3 Å². The highest BCUT2D eigenvalue weighted by Gasteiger charge is 2.37. The number of aromatic carboxylic acids is 1. The van der Waals surface area contributed by atoms with Crippen LogP contribution in [0.4, 0.5) is 11.4 Å². The molecule has 7 heteroatoms. The number of nitro benzene ring substituents is 1. The molecule has 0 fully saturated rings. The number of fused-ring (bicyclic) bond motifs is 1. The number of carbonyl (C=O) groups is 1. The molecule has 2 N–H and O–H groups in total. The molecule has 1 heterocycles. The summed E-state index contributed by atoms with van der Waals surface area (Å²) < 4.78 is 0. The lowest BCUT2D eigenvalue weighted by Crippen LogP contribution is -2.35. The Kier molecular flexibility index (Phi) is 4.16. The van der Waals surface area contributed by atoms with Crippen molar-refractivity contribution < 1.29 is 14.8 Å². The molecule has 0 bridgehead atoms. The molecule has 0 saturated carbocycles. The fourth-order valence-electron chi connectivity index (χ4n) is 3.36. The van der Waals surface area contributed by atoms with Gasteiger partial charge in [0, 0.05) is 22.8 Å². The first kappa shape index (κ1) is 17.2. The van der Waals surface area contributed by atoms with Gasteiger partial charge in [0.05, 0.1) is 16.5 Å². The van der Waals surface area contributed by atoms with Crippen LogP contribution in [-0.4, -0.2) is 16.0 Å². The summed E-state index contributed by atoms with van der Waals surface area (Å²) in [6.45, 7) is 4.07. The summed E-state index contributed by atoms with van der Waals surface area (Å²) in [6, 6.07) is 9.35. The van der Waals surface area contributed by atoms with Crippen molar-refractivity contribution in [2.75, 3.05) is 5.32 Å². The number of rotatable bonds is 3. The van der Waals surface area contributed by atoms with Crippen LogP contribution in [0.15, 0.2) is 36.4 Å². The first-order valence-corrected chi connectivity index (χ1v) is 8.13. The molecule has 6 nitrogen and oxygen atoms in total. The van der Waals surface area contributed by atoms with E-state index in [1.165, 1.54) is 12.1 Å². The van der Waals surface area contributed by atoms with Crippen molar-refractivity contribution in [1.82, 2.24) is 0 Å². The van der Waals surface area contributed by atoms with Crippen LogP contribution in [0, 0.1) is 15.5 Å². The number of non-ortho nitro benzene ring substituents is 1. The summed E-state index contributed by atoms with van der Waals surface area (Å²) >= 11 is 6.06. The minimum absolute atomic E-state index is 0.0490. The zero-order valence-electron chi connectivity index (χ0n) is 13.7. The molecule has 0 aromatic heterocycles. The normalized spacial score (nSPS) is 18.1. The first-order chi connectivity index (χ1) is 11.7. The Hall–Kier alpha value is -2.60. The van der Waals surface area contributed by atoms with Crippen LogP contribution in [0.25, 0.3) is 0 Å². The molecule has 130 valence electrons. The Morgan fingerprint density at radius 2 is 2.04 bits per heavy atom. The molecule has 0 saturated heterocycles. The maximum Gasteiger partial charge on any atom is 0.335 e. The molecule has 3 rings (SSSR count). The summed E-state index contributed by atoms with van der Waals surface area (Å²) in [6.07, 6.45) is 0.640. The van der Waals surface area contributed by atoms with Crippen molar-refractivity contribution in [3.05, 3.63) is 68.2 Å². The molecule has 0 radical (unpaired) electrons. The van der Waals surface area contributed by atoms with Crippen molar-refractivity contribution >= 4 is 28.9 Å². The third-order valence-corrected chi connectivity index (χ3v) is 4.75. The molecule has 2 aromatic carbocycles. The third-order valence-electron chi connectivity index (χ3n) is 4.53. The summed E-state index contributed by atoms with van der Waals surface area (Å²) in [5.41, 5.74) is 2.38. The zero-order valence-corrected chi connectivity index (χ0v) is 14.5. The monoisotopic (exact) mass is 360 g/mol. The number of benzene rings is 2. The van der Waals surface area contributed by atoms with Gasteiger partial charge in [-0.05, 0) is 47.2 Å². The number of nitrogens with zero attached hydrogens (tertiary/aromatic N) is 1. The van der Waals surface area contributed by atoms with E-state index in [1.807, 2.05) is 13.8 Å². The van der Waals surface area contributed by atoms with Crippen LogP contribution >= 0.6 is 11.6 Å². The van der Waals surface area contributed by atoms with Crippen molar-refractivity contribution in [3.8, 4) is 0 Å². The molecule has 0 spiro atoms. The number of carboxylic acid groups (broad SMARTS) is 1. The van der Waals surface area contributed by atoms with Gasteiger partial charge in [0.25, 0.3) is 5.69 Å². The molecule has 1 atom stereocenters. The van der Waals surface area contributed by atoms with Crippen molar-refractivity contribution in [1.29, 1.82) is 0 Å². The lowest BCUT2D eigenvalue weighted by molar-refractivity contribution is -0.384. The second-order valence-corrected chi connectivity index (χ2v) is 7.36. The van der Waals surface area contributed by atoms with Gasteiger partial charge in [-0.25, -0.2) is 4.79 Å². The zero-order chi connectivity index (χ0) is 18.4. The first-order valence-electron chi connectivity index (χ1n) is 7.75. The van der Waals surface area contributed by atoms with E-state index < -0.39 is 10.9 Å². The van der Waals surface area contributed by atoms with Gasteiger partial charge in [0.1, 0.15) is 0 Å². The SMILES string of the molecule is CC1(C)Cc2cc(C(=O)O)ccc2NC1c1cc(Cl)cc([N+](=O)[O-])c1. The van der Waals surface area contributed by atoms with Crippen LogP contribution in [-0.2, 0) is 6.42 Å². The van der Waals surface area contributed by atoms with Crippen molar-refractivity contribution in [2.24, 2.45) is 5.41 Å². The number of hydrogen-bond donors (Lipinski definition) is 2. The topological polar surface area (TPSA) is 92.5 Å². The summed E-state index contributed by atoms with van der Waals surface area (Å²) in [5.74, 6) is -0.965. The second-order valence-electron chi connectivity index (χ2n) is 6.92. The highest BCUT2D eigenvalue weighted by molar-refractivity contribution is 6.30. The smallest absolute Gasteiger partial charge is 0.335 e. The van der Waals surface area contributed by atoms with E-state index in [0.717, 1.165) is 16.8 Å².